The summed E-state index contributed by atoms with van der Waals surface area (Å²) in [6.07, 6.45) is 5.79. The van der Waals surface area contributed by atoms with Gasteiger partial charge in [0.15, 0.2) is 0 Å². The summed E-state index contributed by atoms with van der Waals surface area (Å²) >= 11 is 0. The van der Waals surface area contributed by atoms with Crippen LogP contribution in [0.5, 0.6) is 0 Å². The van der Waals surface area contributed by atoms with Crippen molar-refractivity contribution in [3.8, 4) is 0 Å². The number of aliphatic hydroxyl groups is 1. The van der Waals surface area contributed by atoms with Crippen LogP contribution < -0.4 is 0 Å². The molecule has 3 heteroatoms. The minimum Gasteiger partial charge on any atom is -0.393 e. The highest BCUT2D eigenvalue weighted by Gasteiger charge is 2.35. The number of ether oxygens (including phenoxy) is 1. The molecule has 1 saturated heterocycles. The van der Waals surface area contributed by atoms with Crippen molar-refractivity contribution in [3.05, 3.63) is 0 Å². The molecule has 0 aromatic heterocycles. The largest absolute Gasteiger partial charge is 0.393 e. The number of likely N-dealkylation sites (tertiary alicyclic amines) is 1. The van der Waals surface area contributed by atoms with E-state index >= 15 is 0 Å². The highest BCUT2D eigenvalue weighted by Crippen LogP contribution is 2.39. The third kappa shape index (κ3) is 4.44. The van der Waals surface area contributed by atoms with Crippen molar-refractivity contribution >= 4 is 0 Å². The van der Waals surface area contributed by atoms with Gasteiger partial charge >= 0.3 is 0 Å². The summed E-state index contributed by atoms with van der Waals surface area (Å²) < 4.78 is 5.30. The molecular formula is C16H31NO2. The number of aliphatic hydroxyl groups excluding tert-OH is 1. The Labute approximate surface area is 118 Å². The molecule has 2 aliphatic rings. The van der Waals surface area contributed by atoms with Crippen LogP contribution in [0, 0.1) is 17.3 Å². The average Bonchev–Trinajstić information content (AvgIpc) is 2.35. The molecule has 2 fully saturated rings. The Morgan fingerprint density at radius 2 is 2.11 bits per heavy atom. The van der Waals surface area contributed by atoms with Crippen molar-refractivity contribution in [2.24, 2.45) is 17.3 Å². The molecule has 0 amide bonds. The zero-order valence-electron chi connectivity index (χ0n) is 12.9. The van der Waals surface area contributed by atoms with Gasteiger partial charge in [0.2, 0.25) is 0 Å². The van der Waals surface area contributed by atoms with Crippen LogP contribution in [0.25, 0.3) is 0 Å². The fraction of sp³-hybridized carbons (Fsp3) is 1.00. The third-order valence-electron chi connectivity index (χ3n) is 4.97. The van der Waals surface area contributed by atoms with Gasteiger partial charge in [0.1, 0.15) is 0 Å². The maximum absolute atomic E-state index is 10.2. The lowest BCUT2D eigenvalue weighted by molar-refractivity contribution is -0.00604. The van der Waals surface area contributed by atoms with Gasteiger partial charge < -0.3 is 14.7 Å². The van der Waals surface area contributed by atoms with E-state index in [1.807, 2.05) is 0 Å². The molecule has 0 aromatic carbocycles. The number of piperidine rings is 1. The van der Waals surface area contributed by atoms with Gasteiger partial charge in [-0.1, -0.05) is 13.8 Å². The SMILES string of the molecule is COCC1CCCN(CC2CC(C)(C)CCC2O)C1. The predicted molar refractivity (Wildman–Crippen MR) is 78.2 cm³/mol. The highest BCUT2D eigenvalue weighted by atomic mass is 16.5. The molecule has 0 bridgehead atoms. The molecule has 3 atom stereocenters. The van der Waals surface area contributed by atoms with Gasteiger partial charge in [-0.2, -0.15) is 0 Å². The van der Waals surface area contributed by atoms with Crippen LogP contribution in [-0.2, 0) is 4.74 Å². The summed E-state index contributed by atoms with van der Waals surface area (Å²) in [4.78, 5) is 2.56. The number of methoxy groups -OCH3 is 1. The second kappa shape index (κ2) is 6.55. The maximum atomic E-state index is 10.2. The molecule has 0 spiro atoms. The van der Waals surface area contributed by atoms with Crippen LogP contribution in [0.2, 0.25) is 0 Å². The standard InChI is InChI=1S/C16H31NO2/c1-16(2)7-6-15(18)14(9-16)11-17-8-4-5-13(10-17)12-19-3/h13-15,18H,4-12H2,1-3H3. The zero-order valence-corrected chi connectivity index (χ0v) is 12.9. The van der Waals surface area contributed by atoms with Gasteiger partial charge in [0, 0.05) is 20.2 Å². The predicted octanol–water partition coefficient (Wildman–Crippen LogP) is 2.53. The Morgan fingerprint density at radius 3 is 2.84 bits per heavy atom. The summed E-state index contributed by atoms with van der Waals surface area (Å²) in [6.45, 7) is 8.99. The molecule has 19 heavy (non-hydrogen) atoms. The van der Waals surface area contributed by atoms with E-state index in [1.165, 1.54) is 25.8 Å². The van der Waals surface area contributed by atoms with Crippen molar-refractivity contribution in [3.63, 3.8) is 0 Å². The lowest BCUT2D eigenvalue weighted by Gasteiger charge is -2.42. The Balaban J connectivity index is 1.85. The Morgan fingerprint density at radius 1 is 1.32 bits per heavy atom. The second-order valence-electron chi connectivity index (χ2n) is 7.46. The van der Waals surface area contributed by atoms with Crippen LogP contribution in [0.3, 0.4) is 0 Å². The topological polar surface area (TPSA) is 32.7 Å². The molecule has 3 unspecified atom stereocenters. The van der Waals surface area contributed by atoms with Crippen molar-refractivity contribution in [1.29, 1.82) is 0 Å². The normalized spacial score (nSPS) is 36.3. The van der Waals surface area contributed by atoms with E-state index in [0.717, 1.165) is 32.5 Å². The van der Waals surface area contributed by atoms with Gasteiger partial charge in [0.05, 0.1) is 12.7 Å². The second-order valence-corrected chi connectivity index (χ2v) is 7.46. The molecule has 1 heterocycles. The number of hydrogen-bond acceptors (Lipinski definition) is 3. The van der Waals surface area contributed by atoms with E-state index in [0.29, 0.717) is 17.3 Å². The summed E-state index contributed by atoms with van der Waals surface area (Å²) in [5, 5.41) is 10.2. The van der Waals surface area contributed by atoms with E-state index in [1.54, 1.807) is 7.11 Å². The summed E-state index contributed by atoms with van der Waals surface area (Å²) in [7, 11) is 1.80. The summed E-state index contributed by atoms with van der Waals surface area (Å²) in [6, 6.07) is 0. The molecule has 1 saturated carbocycles. The molecule has 112 valence electrons. The van der Waals surface area contributed by atoms with Gasteiger partial charge in [-0.15, -0.1) is 0 Å². The number of rotatable bonds is 4. The van der Waals surface area contributed by atoms with E-state index in [4.69, 9.17) is 4.74 Å². The maximum Gasteiger partial charge on any atom is 0.0581 e. The smallest absolute Gasteiger partial charge is 0.0581 e. The molecule has 0 aromatic rings. The van der Waals surface area contributed by atoms with Crippen LogP contribution in [0.4, 0.5) is 0 Å². The van der Waals surface area contributed by atoms with Crippen molar-refractivity contribution in [2.45, 2.75) is 52.1 Å². The van der Waals surface area contributed by atoms with Gasteiger partial charge in [0.25, 0.3) is 0 Å². The zero-order chi connectivity index (χ0) is 13.9. The van der Waals surface area contributed by atoms with Crippen LogP contribution >= 0.6 is 0 Å². The Bertz CT molecular complexity index is 278. The van der Waals surface area contributed by atoms with E-state index in [9.17, 15) is 5.11 Å². The van der Waals surface area contributed by atoms with E-state index in [-0.39, 0.29) is 6.10 Å². The molecule has 1 N–H and O–H groups in total. The average molecular weight is 269 g/mol. The van der Waals surface area contributed by atoms with E-state index < -0.39 is 0 Å². The van der Waals surface area contributed by atoms with Crippen LogP contribution in [0.1, 0.15) is 46.0 Å². The number of nitrogens with zero attached hydrogens (tertiary/aromatic N) is 1. The van der Waals surface area contributed by atoms with Gasteiger partial charge in [-0.25, -0.2) is 0 Å². The summed E-state index contributed by atoms with van der Waals surface area (Å²) in [5.74, 6) is 1.15. The van der Waals surface area contributed by atoms with Crippen molar-refractivity contribution in [1.82, 2.24) is 4.90 Å². The first-order valence-electron chi connectivity index (χ1n) is 7.89. The van der Waals surface area contributed by atoms with Gasteiger partial charge in [-0.3, -0.25) is 0 Å². The molecule has 1 aliphatic carbocycles. The van der Waals surface area contributed by atoms with Crippen LogP contribution in [0.15, 0.2) is 0 Å². The lowest BCUT2D eigenvalue weighted by atomic mass is 9.70. The van der Waals surface area contributed by atoms with Crippen molar-refractivity contribution < 1.29 is 9.84 Å². The lowest BCUT2D eigenvalue weighted by Crippen LogP contribution is -2.45. The van der Waals surface area contributed by atoms with Crippen LogP contribution in [-0.4, -0.2) is 49.5 Å². The first-order valence-corrected chi connectivity index (χ1v) is 7.89. The third-order valence-corrected chi connectivity index (χ3v) is 4.97. The first-order chi connectivity index (χ1) is 9.00. The fourth-order valence-electron chi connectivity index (χ4n) is 3.93. The Hall–Kier alpha value is -0.120. The van der Waals surface area contributed by atoms with Crippen molar-refractivity contribution in [2.75, 3.05) is 33.4 Å². The quantitative estimate of drug-likeness (QED) is 0.851. The Kier molecular flexibility index (Phi) is 5.27. The highest BCUT2D eigenvalue weighted by molar-refractivity contribution is 4.87. The molecule has 3 nitrogen and oxygen atoms in total. The molecular weight excluding hydrogens is 238 g/mol. The fourth-order valence-corrected chi connectivity index (χ4v) is 3.93. The monoisotopic (exact) mass is 269 g/mol. The number of hydrogen-bond donors (Lipinski definition) is 1. The first kappa shape index (κ1) is 15.3. The minimum absolute atomic E-state index is 0.0872. The van der Waals surface area contributed by atoms with E-state index in [2.05, 4.69) is 18.7 Å². The van der Waals surface area contributed by atoms with Gasteiger partial charge in [-0.05, 0) is 55.9 Å². The molecule has 1 aliphatic heterocycles. The summed E-state index contributed by atoms with van der Waals surface area (Å²) in [5.41, 5.74) is 0.408. The minimum atomic E-state index is -0.0872. The molecule has 2 rings (SSSR count). The molecule has 0 radical (unpaired) electrons.